The van der Waals surface area contributed by atoms with Crippen molar-refractivity contribution in [1.82, 2.24) is 5.32 Å². The number of nitrogens with one attached hydrogen (secondary N) is 2. The van der Waals surface area contributed by atoms with Crippen LogP contribution in [-0.4, -0.2) is 19.1 Å². The average molecular weight is 304 g/mol. The lowest BCUT2D eigenvalue weighted by molar-refractivity contribution is -0.136. The fourth-order valence-corrected chi connectivity index (χ4v) is 2.45. The molecule has 1 unspecified atom stereocenters. The summed E-state index contributed by atoms with van der Waals surface area (Å²) in [5.41, 5.74) is 1.35. The lowest BCUT2D eigenvalue weighted by Crippen LogP contribution is -2.23. The van der Waals surface area contributed by atoms with Gasteiger partial charge in [0.1, 0.15) is 5.82 Å². The Kier molecular flexibility index (Phi) is 4.51. The van der Waals surface area contributed by atoms with Crippen molar-refractivity contribution in [1.29, 1.82) is 0 Å². The van der Waals surface area contributed by atoms with Crippen LogP contribution >= 0.6 is 0 Å². The molecule has 1 aromatic rings. The highest BCUT2D eigenvalue weighted by molar-refractivity contribution is 5.93. The Balaban J connectivity index is 2.23. The minimum absolute atomic E-state index is 0.183. The van der Waals surface area contributed by atoms with Gasteiger partial charge in [0.05, 0.1) is 0 Å². The van der Waals surface area contributed by atoms with Gasteiger partial charge in [0.25, 0.3) is 0 Å². The van der Waals surface area contributed by atoms with Crippen LogP contribution in [0.3, 0.4) is 0 Å². The first kappa shape index (κ1) is 15.8. The molecular formula is C14H16F4N2O. The fourth-order valence-electron chi connectivity index (χ4n) is 2.45. The second-order valence-electron chi connectivity index (χ2n) is 5.07. The summed E-state index contributed by atoms with van der Waals surface area (Å²) in [6.07, 6.45) is -4.73. The highest BCUT2D eigenvalue weighted by atomic mass is 19.4. The number of fused-ring (bicyclic) bond motifs is 1. The first-order chi connectivity index (χ1) is 9.80. The van der Waals surface area contributed by atoms with E-state index in [4.69, 9.17) is 0 Å². The van der Waals surface area contributed by atoms with Crippen LogP contribution in [0.1, 0.15) is 36.4 Å². The van der Waals surface area contributed by atoms with Crippen LogP contribution in [0.4, 0.5) is 23.2 Å². The summed E-state index contributed by atoms with van der Waals surface area (Å²) in [4.78, 5) is 11.3. The van der Waals surface area contributed by atoms with Gasteiger partial charge >= 0.3 is 6.18 Å². The quantitative estimate of drug-likeness (QED) is 0.838. The molecule has 7 heteroatoms. The number of carbonyl (C=O) groups excluding carboxylic acids is 1. The van der Waals surface area contributed by atoms with Gasteiger partial charge in [0.2, 0.25) is 5.91 Å². The van der Waals surface area contributed by atoms with Crippen molar-refractivity contribution in [2.24, 2.45) is 0 Å². The third-order valence-electron chi connectivity index (χ3n) is 3.56. The molecule has 0 saturated carbocycles. The molecule has 0 aromatic heterocycles. The summed E-state index contributed by atoms with van der Waals surface area (Å²) in [6, 6.07) is 2.01. The summed E-state index contributed by atoms with van der Waals surface area (Å²) in [7, 11) is 1.50. The molecule has 116 valence electrons. The van der Waals surface area contributed by atoms with Crippen LogP contribution in [0.15, 0.2) is 12.1 Å². The molecule has 0 saturated heterocycles. The van der Waals surface area contributed by atoms with Crippen molar-refractivity contribution in [3.63, 3.8) is 0 Å². The Morgan fingerprint density at radius 1 is 1.33 bits per heavy atom. The summed E-state index contributed by atoms with van der Waals surface area (Å²) < 4.78 is 51.0. The molecule has 2 N–H and O–H groups in total. The molecule has 1 heterocycles. The number of benzene rings is 1. The highest BCUT2D eigenvalue weighted by Crippen LogP contribution is 2.32. The molecule has 2 rings (SSSR count). The predicted octanol–water partition coefficient (Wildman–Crippen LogP) is 3.31. The predicted molar refractivity (Wildman–Crippen MR) is 70.4 cm³/mol. The van der Waals surface area contributed by atoms with Gasteiger partial charge in [0.15, 0.2) is 0 Å². The van der Waals surface area contributed by atoms with Crippen LogP contribution in [0, 0.1) is 5.82 Å². The van der Waals surface area contributed by atoms with Gasteiger partial charge in [-0.3, -0.25) is 4.79 Å². The zero-order chi connectivity index (χ0) is 15.6. The molecule has 1 aliphatic heterocycles. The second-order valence-corrected chi connectivity index (χ2v) is 5.07. The zero-order valence-corrected chi connectivity index (χ0v) is 11.5. The van der Waals surface area contributed by atoms with Crippen molar-refractivity contribution < 1.29 is 22.4 Å². The van der Waals surface area contributed by atoms with E-state index in [0.29, 0.717) is 18.5 Å². The number of hydrogen-bond acceptors (Lipinski definition) is 2. The normalized spacial score (nSPS) is 16.3. The monoisotopic (exact) mass is 304 g/mol. The molecular weight excluding hydrogens is 288 g/mol. The number of carbonyl (C=O) groups is 1. The molecule has 0 aliphatic carbocycles. The minimum Gasteiger partial charge on any atom is -0.326 e. The van der Waals surface area contributed by atoms with E-state index >= 15 is 0 Å². The van der Waals surface area contributed by atoms with Crippen molar-refractivity contribution in [3.05, 3.63) is 29.1 Å². The van der Waals surface area contributed by atoms with E-state index < -0.39 is 24.5 Å². The lowest BCUT2D eigenvalue weighted by Gasteiger charge is -2.22. The molecule has 1 amide bonds. The van der Waals surface area contributed by atoms with Crippen molar-refractivity contribution in [2.45, 2.75) is 37.9 Å². The maximum Gasteiger partial charge on any atom is 0.389 e. The first-order valence-corrected chi connectivity index (χ1v) is 6.66. The highest BCUT2D eigenvalue weighted by Gasteiger charge is 2.29. The third kappa shape index (κ3) is 3.93. The maximum atomic E-state index is 14.1. The van der Waals surface area contributed by atoms with Gasteiger partial charge in [-0.1, -0.05) is 0 Å². The molecule has 1 aliphatic rings. The van der Waals surface area contributed by atoms with Crippen LogP contribution in [0.2, 0.25) is 0 Å². The zero-order valence-electron chi connectivity index (χ0n) is 11.5. The summed E-state index contributed by atoms with van der Waals surface area (Å²) in [5.74, 6) is -0.797. The van der Waals surface area contributed by atoms with Gasteiger partial charge in [-0.25, -0.2) is 4.39 Å². The Hall–Kier alpha value is -1.63. The van der Waals surface area contributed by atoms with E-state index in [1.165, 1.54) is 13.1 Å². The summed E-state index contributed by atoms with van der Waals surface area (Å²) >= 11 is 0. The van der Waals surface area contributed by atoms with Gasteiger partial charge in [-0.2, -0.15) is 13.2 Å². The lowest BCUT2D eigenvalue weighted by atomic mass is 9.94. The smallest absolute Gasteiger partial charge is 0.326 e. The number of halogens is 4. The van der Waals surface area contributed by atoms with Gasteiger partial charge in [-0.15, -0.1) is 0 Å². The SMILES string of the molecule is CNC(CCC(F)(F)F)c1cc2c(cc1F)NC(=O)CC2. The number of anilines is 1. The molecule has 0 spiro atoms. The fraction of sp³-hybridized carbons (Fsp3) is 0.500. The Bertz CT molecular complexity index is 543. The van der Waals surface area contributed by atoms with Gasteiger partial charge in [-0.05, 0) is 37.6 Å². The van der Waals surface area contributed by atoms with E-state index in [1.807, 2.05) is 0 Å². The van der Waals surface area contributed by atoms with Crippen molar-refractivity contribution in [2.75, 3.05) is 12.4 Å². The van der Waals surface area contributed by atoms with Gasteiger partial charge in [0, 0.05) is 30.1 Å². The molecule has 21 heavy (non-hydrogen) atoms. The molecule has 3 nitrogen and oxygen atoms in total. The third-order valence-corrected chi connectivity index (χ3v) is 3.56. The number of hydrogen-bond donors (Lipinski definition) is 2. The minimum atomic E-state index is -4.27. The molecule has 1 aromatic carbocycles. The topological polar surface area (TPSA) is 41.1 Å². The number of rotatable bonds is 4. The van der Waals surface area contributed by atoms with Crippen LogP contribution in [0.5, 0.6) is 0 Å². The number of aryl methyl sites for hydroxylation is 1. The summed E-state index contributed by atoms with van der Waals surface area (Å²) in [5, 5.41) is 5.28. The Morgan fingerprint density at radius 3 is 2.67 bits per heavy atom. The first-order valence-electron chi connectivity index (χ1n) is 6.66. The largest absolute Gasteiger partial charge is 0.389 e. The van der Waals surface area contributed by atoms with E-state index in [0.717, 1.165) is 5.56 Å². The molecule has 0 radical (unpaired) electrons. The second kappa shape index (κ2) is 6.01. The van der Waals surface area contributed by atoms with Crippen molar-refractivity contribution >= 4 is 11.6 Å². The number of alkyl halides is 3. The maximum absolute atomic E-state index is 14.1. The van der Waals surface area contributed by atoms with Crippen LogP contribution in [-0.2, 0) is 11.2 Å². The molecule has 1 atom stereocenters. The number of amides is 1. The Labute approximate surface area is 119 Å². The van der Waals surface area contributed by atoms with Crippen LogP contribution in [0.25, 0.3) is 0 Å². The standard InChI is InChI=1S/C14H16F4N2O/c1-19-11(4-5-14(16,17)18)9-6-8-2-3-13(21)20-12(8)7-10(9)15/h6-7,11,19H,2-5H2,1H3,(H,20,21). The molecule has 0 fully saturated rings. The van der Waals surface area contributed by atoms with E-state index in [1.54, 1.807) is 6.07 Å². The summed E-state index contributed by atoms with van der Waals surface area (Å²) in [6.45, 7) is 0. The Morgan fingerprint density at radius 2 is 2.05 bits per heavy atom. The molecule has 0 bridgehead atoms. The van der Waals surface area contributed by atoms with Crippen LogP contribution < -0.4 is 10.6 Å². The van der Waals surface area contributed by atoms with E-state index in [2.05, 4.69) is 10.6 Å². The van der Waals surface area contributed by atoms with Gasteiger partial charge < -0.3 is 10.6 Å². The van der Waals surface area contributed by atoms with E-state index in [-0.39, 0.29) is 17.9 Å². The van der Waals surface area contributed by atoms with Crippen molar-refractivity contribution in [3.8, 4) is 0 Å². The average Bonchev–Trinajstić information content (AvgIpc) is 2.38. The van der Waals surface area contributed by atoms with E-state index in [9.17, 15) is 22.4 Å².